The first-order valence-electron chi connectivity index (χ1n) is 5.30. The van der Waals surface area contributed by atoms with Crippen LogP contribution < -0.4 is 5.32 Å². The van der Waals surface area contributed by atoms with Crippen LogP contribution in [0.3, 0.4) is 0 Å². The second-order valence-electron chi connectivity index (χ2n) is 3.39. The molecule has 0 aliphatic rings. The molecule has 0 radical (unpaired) electrons. The van der Waals surface area contributed by atoms with Gasteiger partial charge in [-0.3, -0.25) is 10.1 Å². The van der Waals surface area contributed by atoms with E-state index in [0.717, 1.165) is 5.56 Å². The van der Waals surface area contributed by atoms with Crippen molar-refractivity contribution in [1.29, 1.82) is 0 Å². The van der Waals surface area contributed by atoms with Crippen LogP contribution >= 0.6 is 0 Å². The Morgan fingerprint density at radius 3 is 2.58 bits per heavy atom. The lowest BCUT2D eigenvalue weighted by atomic mass is 10.2. The van der Waals surface area contributed by atoms with Crippen LogP contribution in [0.15, 0.2) is 29.4 Å². The average molecular weight is 264 g/mol. The van der Waals surface area contributed by atoms with Crippen LogP contribution in [0.25, 0.3) is 10.4 Å². The lowest BCUT2D eigenvalue weighted by Crippen LogP contribution is -2.27. The highest BCUT2D eigenvalue weighted by Crippen LogP contribution is 2.13. The maximum absolute atomic E-state index is 11.2. The molecule has 100 valence electrons. The molecule has 1 aromatic carbocycles. The largest absolute Gasteiger partial charge is 0.445 e. The molecule has 0 spiro atoms. The van der Waals surface area contributed by atoms with E-state index >= 15 is 0 Å². The van der Waals surface area contributed by atoms with E-state index < -0.39 is 12.1 Å². The minimum atomic E-state index is -0.694. The van der Waals surface area contributed by atoms with Crippen LogP contribution in [0.1, 0.15) is 12.5 Å². The Morgan fingerprint density at radius 2 is 2.00 bits per heavy atom. The van der Waals surface area contributed by atoms with E-state index in [1.807, 2.05) is 0 Å². The third-order valence-electron chi connectivity index (χ3n) is 1.96. The summed E-state index contributed by atoms with van der Waals surface area (Å²) in [6.07, 6.45) is -0.694. The molecule has 0 aliphatic carbocycles. The molecular weight excluding hydrogens is 252 g/mol. The fourth-order valence-corrected chi connectivity index (χ4v) is 1.11. The minimum Gasteiger partial charge on any atom is -0.445 e. The summed E-state index contributed by atoms with van der Waals surface area (Å²) in [5, 5.41) is 5.66. The van der Waals surface area contributed by atoms with Gasteiger partial charge in [0.25, 0.3) is 0 Å². The number of amides is 1. The Morgan fingerprint density at radius 1 is 1.32 bits per heavy atom. The zero-order valence-electron chi connectivity index (χ0n) is 10.2. The first kappa shape index (κ1) is 14.3. The first-order valence-corrected chi connectivity index (χ1v) is 5.30. The van der Waals surface area contributed by atoms with E-state index in [9.17, 15) is 9.59 Å². The Balaban J connectivity index is 2.33. The van der Waals surface area contributed by atoms with E-state index in [1.165, 1.54) is 6.92 Å². The van der Waals surface area contributed by atoms with Crippen molar-refractivity contribution in [3.8, 4) is 0 Å². The number of rotatable bonds is 5. The van der Waals surface area contributed by atoms with Crippen molar-refractivity contribution in [2.45, 2.75) is 13.5 Å². The molecule has 0 saturated heterocycles. The molecule has 0 aliphatic heterocycles. The maximum Gasteiger partial charge on any atom is 0.410 e. The molecule has 0 aromatic heterocycles. The van der Waals surface area contributed by atoms with Crippen molar-refractivity contribution in [2.75, 3.05) is 6.73 Å². The third-order valence-corrected chi connectivity index (χ3v) is 1.96. The summed E-state index contributed by atoms with van der Waals surface area (Å²) in [6.45, 7) is 1.06. The molecule has 1 rings (SSSR count). The van der Waals surface area contributed by atoms with E-state index in [4.69, 9.17) is 10.3 Å². The summed E-state index contributed by atoms with van der Waals surface area (Å²) in [4.78, 5) is 24.3. The number of carbonyl (C=O) groups is 2. The number of nitrogens with zero attached hydrogens (tertiary/aromatic N) is 3. The van der Waals surface area contributed by atoms with Gasteiger partial charge >= 0.3 is 12.1 Å². The summed E-state index contributed by atoms with van der Waals surface area (Å²) < 4.78 is 9.37. The highest BCUT2D eigenvalue weighted by atomic mass is 16.6. The highest BCUT2D eigenvalue weighted by Gasteiger charge is 2.02. The maximum atomic E-state index is 11.2. The molecule has 0 fully saturated rings. The van der Waals surface area contributed by atoms with E-state index in [-0.39, 0.29) is 13.3 Å². The summed E-state index contributed by atoms with van der Waals surface area (Å²) in [6, 6.07) is 6.55. The predicted molar refractivity (Wildman–Crippen MR) is 65.2 cm³/mol. The lowest BCUT2D eigenvalue weighted by Gasteiger charge is -2.07. The standard InChI is InChI=1S/C11H12N4O4/c1-8(16)19-7-13-11(17)18-6-9-2-4-10(5-3-9)14-15-12/h2-5H,6-7H2,1H3,(H,13,17). The number of hydrogen-bond acceptors (Lipinski definition) is 5. The zero-order valence-corrected chi connectivity index (χ0v) is 10.2. The number of carbonyl (C=O) groups excluding carboxylic acids is 2. The van der Waals surface area contributed by atoms with Gasteiger partial charge in [-0.15, -0.1) is 0 Å². The molecule has 1 N–H and O–H groups in total. The van der Waals surface area contributed by atoms with Gasteiger partial charge in [0.2, 0.25) is 0 Å². The SMILES string of the molecule is CC(=O)OCNC(=O)OCc1ccc(N=[N+]=[N-])cc1. The molecule has 0 unspecified atom stereocenters. The second kappa shape index (κ2) is 7.57. The monoisotopic (exact) mass is 264 g/mol. The third kappa shape index (κ3) is 5.94. The molecular formula is C11H12N4O4. The fourth-order valence-electron chi connectivity index (χ4n) is 1.11. The van der Waals surface area contributed by atoms with Crippen molar-refractivity contribution in [2.24, 2.45) is 5.11 Å². The van der Waals surface area contributed by atoms with Crippen molar-refractivity contribution >= 4 is 17.7 Å². The van der Waals surface area contributed by atoms with Gasteiger partial charge in [0, 0.05) is 17.5 Å². The quantitative estimate of drug-likeness (QED) is 0.289. The van der Waals surface area contributed by atoms with Gasteiger partial charge < -0.3 is 9.47 Å². The molecule has 8 heteroatoms. The summed E-state index contributed by atoms with van der Waals surface area (Å²) in [5.74, 6) is -0.492. The fraction of sp³-hybridized carbons (Fsp3) is 0.273. The molecule has 0 atom stereocenters. The first-order chi connectivity index (χ1) is 9.11. The van der Waals surface area contributed by atoms with Crippen LogP contribution in [-0.2, 0) is 20.9 Å². The highest BCUT2D eigenvalue weighted by molar-refractivity contribution is 5.68. The summed E-state index contributed by atoms with van der Waals surface area (Å²) in [5.41, 5.74) is 9.44. The van der Waals surface area contributed by atoms with Crippen LogP contribution in [-0.4, -0.2) is 18.8 Å². The molecule has 0 saturated carbocycles. The summed E-state index contributed by atoms with van der Waals surface area (Å²) in [7, 11) is 0. The van der Waals surface area contributed by atoms with Crippen molar-refractivity contribution < 1.29 is 19.1 Å². The lowest BCUT2D eigenvalue weighted by molar-refractivity contribution is -0.141. The van der Waals surface area contributed by atoms with Crippen molar-refractivity contribution in [3.63, 3.8) is 0 Å². The molecule has 0 bridgehead atoms. The Hall–Kier alpha value is -2.73. The van der Waals surface area contributed by atoms with Gasteiger partial charge in [0.1, 0.15) is 6.61 Å². The van der Waals surface area contributed by atoms with Crippen LogP contribution in [0.4, 0.5) is 10.5 Å². The number of nitrogens with one attached hydrogen (secondary N) is 1. The molecule has 1 aromatic rings. The van der Waals surface area contributed by atoms with Crippen LogP contribution in [0.5, 0.6) is 0 Å². The van der Waals surface area contributed by atoms with Gasteiger partial charge in [0.15, 0.2) is 6.73 Å². The van der Waals surface area contributed by atoms with Gasteiger partial charge in [-0.2, -0.15) is 0 Å². The number of benzene rings is 1. The zero-order chi connectivity index (χ0) is 14.1. The average Bonchev–Trinajstić information content (AvgIpc) is 2.38. The van der Waals surface area contributed by atoms with Crippen molar-refractivity contribution in [1.82, 2.24) is 5.32 Å². The van der Waals surface area contributed by atoms with E-state index in [2.05, 4.69) is 20.1 Å². The topological polar surface area (TPSA) is 113 Å². The van der Waals surface area contributed by atoms with Crippen LogP contribution in [0.2, 0.25) is 0 Å². The van der Waals surface area contributed by atoms with E-state index in [0.29, 0.717) is 5.69 Å². The Bertz CT molecular complexity index is 494. The number of alkyl carbamates (subject to hydrolysis) is 1. The van der Waals surface area contributed by atoms with Gasteiger partial charge in [-0.1, -0.05) is 29.4 Å². The smallest absolute Gasteiger partial charge is 0.410 e. The van der Waals surface area contributed by atoms with E-state index in [1.54, 1.807) is 24.3 Å². The van der Waals surface area contributed by atoms with Gasteiger partial charge in [-0.25, -0.2) is 4.79 Å². The summed E-state index contributed by atoms with van der Waals surface area (Å²) >= 11 is 0. The number of hydrogen-bond donors (Lipinski definition) is 1. The van der Waals surface area contributed by atoms with Crippen LogP contribution in [0, 0.1) is 0 Å². The number of ether oxygens (including phenoxy) is 2. The predicted octanol–water partition coefficient (Wildman–Crippen LogP) is 2.38. The normalized spacial score (nSPS) is 9.11. The second-order valence-corrected chi connectivity index (χ2v) is 3.39. The minimum absolute atomic E-state index is 0.0580. The molecule has 0 heterocycles. The molecule has 1 amide bonds. The van der Waals surface area contributed by atoms with Gasteiger partial charge in [-0.05, 0) is 11.1 Å². The van der Waals surface area contributed by atoms with Crippen molar-refractivity contribution in [3.05, 3.63) is 40.3 Å². The Kier molecular flexibility index (Phi) is 5.71. The van der Waals surface area contributed by atoms with Gasteiger partial charge in [0.05, 0.1) is 0 Å². The number of azide groups is 1. The molecule has 8 nitrogen and oxygen atoms in total. The Labute approximate surface area is 108 Å². The number of esters is 1. The molecule has 19 heavy (non-hydrogen) atoms.